The van der Waals surface area contributed by atoms with E-state index < -0.39 is 0 Å². The Hall–Kier alpha value is -1.56. The fourth-order valence-electron chi connectivity index (χ4n) is 2.50. The van der Waals surface area contributed by atoms with E-state index in [0.29, 0.717) is 18.1 Å². The highest BCUT2D eigenvalue weighted by molar-refractivity contribution is 5.43. The van der Waals surface area contributed by atoms with Gasteiger partial charge in [-0.25, -0.2) is 4.98 Å². The second-order valence-electron chi connectivity index (χ2n) is 5.17. The van der Waals surface area contributed by atoms with Crippen LogP contribution < -0.4 is 4.74 Å². The predicted molar refractivity (Wildman–Crippen MR) is 75.2 cm³/mol. The smallest absolute Gasteiger partial charge is 0.231 e. The molecule has 0 amide bonds. The molecule has 0 spiro atoms. The molecule has 0 unspecified atom stereocenters. The molecule has 0 fully saturated rings. The molecule has 2 rings (SSSR count). The minimum absolute atomic E-state index is 0.541. The highest BCUT2D eigenvalue weighted by atomic mass is 16.5. The number of pyridine rings is 1. The predicted octanol–water partition coefficient (Wildman–Crippen LogP) is 3.79. The van der Waals surface area contributed by atoms with E-state index in [1.165, 1.54) is 37.7 Å². The van der Waals surface area contributed by atoms with Crippen molar-refractivity contribution in [2.24, 2.45) is 0 Å². The van der Waals surface area contributed by atoms with Crippen molar-refractivity contribution < 1.29 is 4.74 Å². The Morgan fingerprint density at radius 2 is 2.11 bits per heavy atom. The third-order valence-corrected chi connectivity index (χ3v) is 3.62. The van der Waals surface area contributed by atoms with Crippen molar-refractivity contribution in [3.63, 3.8) is 0 Å². The SMILES string of the molecule is CCCCCCOc1nc2c(cc1C#N)CCCC2. The van der Waals surface area contributed by atoms with E-state index in [2.05, 4.69) is 18.0 Å². The van der Waals surface area contributed by atoms with Crippen LogP contribution in [-0.4, -0.2) is 11.6 Å². The number of rotatable bonds is 6. The molecule has 0 saturated heterocycles. The van der Waals surface area contributed by atoms with Gasteiger partial charge in [0.25, 0.3) is 0 Å². The van der Waals surface area contributed by atoms with Crippen LogP contribution >= 0.6 is 0 Å². The molecule has 1 aliphatic carbocycles. The minimum atomic E-state index is 0.541. The Balaban J connectivity index is 2.01. The molecule has 3 heteroatoms. The maximum absolute atomic E-state index is 9.19. The first-order valence-corrected chi connectivity index (χ1v) is 7.41. The molecule has 0 aliphatic heterocycles. The number of hydrogen-bond acceptors (Lipinski definition) is 3. The molecule has 0 bridgehead atoms. The van der Waals surface area contributed by atoms with Crippen LogP contribution in [0.3, 0.4) is 0 Å². The number of hydrogen-bond donors (Lipinski definition) is 0. The van der Waals surface area contributed by atoms with Crippen LogP contribution in [0, 0.1) is 11.3 Å². The van der Waals surface area contributed by atoms with Crippen molar-refractivity contribution in [1.29, 1.82) is 5.26 Å². The average molecular weight is 258 g/mol. The molecule has 1 aliphatic rings. The maximum atomic E-state index is 9.19. The monoisotopic (exact) mass is 258 g/mol. The van der Waals surface area contributed by atoms with Crippen molar-refractivity contribution in [3.05, 3.63) is 22.9 Å². The van der Waals surface area contributed by atoms with E-state index in [0.717, 1.165) is 25.0 Å². The fourth-order valence-corrected chi connectivity index (χ4v) is 2.50. The molecule has 0 atom stereocenters. The lowest BCUT2D eigenvalue weighted by molar-refractivity contribution is 0.291. The van der Waals surface area contributed by atoms with Crippen LogP contribution in [0.2, 0.25) is 0 Å². The second kappa shape index (κ2) is 7.13. The molecular formula is C16H22N2O. The van der Waals surface area contributed by atoms with E-state index in [4.69, 9.17) is 4.74 Å². The van der Waals surface area contributed by atoms with Crippen LogP contribution in [0.5, 0.6) is 5.88 Å². The number of unbranched alkanes of at least 4 members (excludes halogenated alkanes) is 3. The minimum Gasteiger partial charge on any atom is -0.477 e. The van der Waals surface area contributed by atoms with Gasteiger partial charge in [0, 0.05) is 5.69 Å². The molecule has 1 aromatic heterocycles. The van der Waals surface area contributed by atoms with Crippen LogP contribution in [0.1, 0.15) is 62.3 Å². The van der Waals surface area contributed by atoms with Crippen LogP contribution in [-0.2, 0) is 12.8 Å². The van der Waals surface area contributed by atoms with Gasteiger partial charge in [0.15, 0.2) is 0 Å². The Morgan fingerprint density at radius 3 is 2.89 bits per heavy atom. The number of nitriles is 1. The van der Waals surface area contributed by atoms with Crippen LogP contribution in [0.15, 0.2) is 6.07 Å². The first-order chi connectivity index (χ1) is 9.35. The van der Waals surface area contributed by atoms with Gasteiger partial charge in [0.1, 0.15) is 11.6 Å². The third kappa shape index (κ3) is 3.70. The van der Waals surface area contributed by atoms with Gasteiger partial charge in [0.05, 0.1) is 6.61 Å². The van der Waals surface area contributed by atoms with Gasteiger partial charge in [-0.05, 0) is 43.7 Å². The van der Waals surface area contributed by atoms with Crippen molar-refractivity contribution >= 4 is 0 Å². The summed E-state index contributed by atoms with van der Waals surface area (Å²) in [7, 11) is 0. The van der Waals surface area contributed by atoms with E-state index >= 15 is 0 Å². The van der Waals surface area contributed by atoms with Gasteiger partial charge in [-0.3, -0.25) is 0 Å². The first-order valence-electron chi connectivity index (χ1n) is 7.41. The van der Waals surface area contributed by atoms with Crippen molar-refractivity contribution in [2.75, 3.05) is 6.61 Å². The molecule has 0 saturated carbocycles. The molecular weight excluding hydrogens is 236 g/mol. The van der Waals surface area contributed by atoms with Gasteiger partial charge < -0.3 is 4.74 Å². The van der Waals surface area contributed by atoms with Crippen molar-refractivity contribution in [2.45, 2.75) is 58.3 Å². The Bertz CT molecular complexity index is 463. The standard InChI is InChI=1S/C16H22N2O/c1-2-3-4-7-10-19-16-14(12-17)11-13-8-5-6-9-15(13)18-16/h11H,2-10H2,1H3. The molecule has 19 heavy (non-hydrogen) atoms. The molecule has 3 nitrogen and oxygen atoms in total. The van der Waals surface area contributed by atoms with Crippen LogP contribution in [0.25, 0.3) is 0 Å². The summed E-state index contributed by atoms with van der Waals surface area (Å²) < 4.78 is 5.71. The Labute approximate surface area is 115 Å². The Kier molecular flexibility index (Phi) is 5.20. The lowest BCUT2D eigenvalue weighted by Gasteiger charge is -2.16. The summed E-state index contributed by atoms with van der Waals surface area (Å²) in [5, 5.41) is 9.19. The van der Waals surface area contributed by atoms with Gasteiger partial charge in [0.2, 0.25) is 5.88 Å². The topological polar surface area (TPSA) is 45.9 Å². The normalized spacial score (nSPS) is 13.7. The van der Waals surface area contributed by atoms with Gasteiger partial charge in [-0.1, -0.05) is 26.2 Å². The zero-order valence-corrected chi connectivity index (χ0v) is 11.7. The van der Waals surface area contributed by atoms with Gasteiger partial charge in [-0.2, -0.15) is 5.26 Å². The average Bonchev–Trinajstić information content (AvgIpc) is 2.46. The third-order valence-electron chi connectivity index (χ3n) is 3.62. The van der Waals surface area contributed by atoms with Crippen molar-refractivity contribution in [3.8, 4) is 11.9 Å². The highest BCUT2D eigenvalue weighted by Crippen LogP contribution is 2.25. The number of fused-ring (bicyclic) bond motifs is 1. The fraction of sp³-hybridized carbons (Fsp3) is 0.625. The summed E-state index contributed by atoms with van der Waals surface area (Å²) in [6, 6.07) is 4.19. The summed E-state index contributed by atoms with van der Waals surface area (Å²) in [5.74, 6) is 0.541. The summed E-state index contributed by atoms with van der Waals surface area (Å²) in [4.78, 5) is 4.56. The van der Waals surface area contributed by atoms with E-state index in [9.17, 15) is 5.26 Å². The molecule has 1 heterocycles. The first kappa shape index (κ1) is 13.9. The number of aromatic nitrogens is 1. The van der Waals surface area contributed by atoms with Gasteiger partial charge in [-0.15, -0.1) is 0 Å². The summed E-state index contributed by atoms with van der Waals surface area (Å²) in [5.41, 5.74) is 2.96. The molecule has 0 radical (unpaired) electrons. The van der Waals surface area contributed by atoms with E-state index in [1.807, 2.05) is 6.07 Å². The summed E-state index contributed by atoms with van der Waals surface area (Å²) >= 11 is 0. The highest BCUT2D eigenvalue weighted by Gasteiger charge is 2.15. The zero-order valence-electron chi connectivity index (χ0n) is 11.7. The Morgan fingerprint density at radius 1 is 1.26 bits per heavy atom. The lowest BCUT2D eigenvalue weighted by Crippen LogP contribution is -2.09. The number of ether oxygens (including phenoxy) is 1. The van der Waals surface area contributed by atoms with Crippen LogP contribution in [0.4, 0.5) is 0 Å². The van der Waals surface area contributed by atoms with E-state index in [-0.39, 0.29) is 0 Å². The van der Waals surface area contributed by atoms with Crippen molar-refractivity contribution in [1.82, 2.24) is 4.98 Å². The zero-order chi connectivity index (χ0) is 13.5. The number of nitrogens with zero attached hydrogens (tertiary/aromatic N) is 2. The summed E-state index contributed by atoms with van der Waals surface area (Å²) in [6.45, 7) is 2.86. The molecule has 102 valence electrons. The van der Waals surface area contributed by atoms with Gasteiger partial charge >= 0.3 is 0 Å². The number of aryl methyl sites for hydroxylation is 2. The molecule has 0 N–H and O–H groups in total. The summed E-state index contributed by atoms with van der Waals surface area (Å²) in [6.07, 6.45) is 9.16. The second-order valence-corrected chi connectivity index (χ2v) is 5.17. The lowest BCUT2D eigenvalue weighted by atomic mass is 9.95. The molecule has 0 aromatic carbocycles. The quantitative estimate of drug-likeness (QED) is 0.729. The largest absolute Gasteiger partial charge is 0.477 e. The molecule has 1 aromatic rings. The maximum Gasteiger partial charge on any atom is 0.231 e. The van der Waals surface area contributed by atoms with E-state index in [1.54, 1.807) is 0 Å².